The zero-order valence-corrected chi connectivity index (χ0v) is 33.8. The van der Waals surface area contributed by atoms with E-state index >= 15 is 0 Å². The summed E-state index contributed by atoms with van der Waals surface area (Å²) in [5, 5.41) is 6.34. The van der Waals surface area contributed by atoms with E-state index in [4.69, 9.17) is 15.0 Å². The summed E-state index contributed by atoms with van der Waals surface area (Å²) in [5.41, 5.74) is 12.7. The van der Waals surface area contributed by atoms with E-state index in [0.717, 1.165) is 56.0 Å². The van der Waals surface area contributed by atoms with Crippen LogP contribution in [0.5, 0.6) is 0 Å². The van der Waals surface area contributed by atoms with Crippen LogP contribution in [0.2, 0.25) is 0 Å². The number of hydrogen-bond donors (Lipinski definition) is 0. The van der Waals surface area contributed by atoms with Crippen molar-refractivity contribution < 1.29 is 0 Å². The topological polar surface area (TPSA) is 38.7 Å². The number of fused-ring (bicyclic) bond motifs is 8. The monoisotopic (exact) mass is 799 g/mol. The van der Waals surface area contributed by atoms with Crippen molar-refractivity contribution in [3.05, 3.63) is 200 Å². The van der Waals surface area contributed by atoms with Gasteiger partial charge in [-0.25, -0.2) is 15.0 Å². The molecule has 5 heteroatoms. The van der Waals surface area contributed by atoms with Crippen molar-refractivity contribution in [2.45, 2.75) is 0 Å². The van der Waals surface area contributed by atoms with Gasteiger partial charge >= 0.3 is 0 Å². The van der Waals surface area contributed by atoms with Crippen molar-refractivity contribution >= 4 is 73.9 Å². The fourth-order valence-electron chi connectivity index (χ4n) is 8.55. The van der Waals surface area contributed by atoms with Gasteiger partial charge in [0.1, 0.15) is 0 Å². The second-order valence-electron chi connectivity index (χ2n) is 15.1. The average molecular weight is 800 g/mol. The fourth-order valence-corrected chi connectivity index (χ4v) is 11.0. The van der Waals surface area contributed by atoms with Gasteiger partial charge in [-0.05, 0) is 46.5 Å². The molecule has 0 aliphatic rings. The minimum Gasteiger partial charge on any atom is -0.246 e. The SMILES string of the molecule is c1ccc(-c2nc(-c3ccc(-c4ccc5c(c4)nc(-c4ccccc4)c4sc6ccccc6c45)cc3)cc(-c3ccc(-c4cccc5c4sc4ccccc45)cc3)n2)cc1. The van der Waals surface area contributed by atoms with Gasteiger partial charge in [-0.15, -0.1) is 22.7 Å². The molecule has 0 spiro atoms. The van der Waals surface area contributed by atoms with Crippen molar-refractivity contribution in [1.82, 2.24) is 15.0 Å². The van der Waals surface area contributed by atoms with Crippen LogP contribution in [-0.2, 0) is 0 Å². The normalized spacial score (nSPS) is 11.7. The number of hydrogen-bond acceptors (Lipinski definition) is 5. The molecule has 4 heterocycles. The summed E-state index contributed by atoms with van der Waals surface area (Å²) >= 11 is 3.68. The molecule has 12 aromatic rings. The lowest BCUT2D eigenvalue weighted by Gasteiger charge is -2.11. The Balaban J connectivity index is 0.922. The molecule has 60 heavy (non-hydrogen) atoms. The van der Waals surface area contributed by atoms with E-state index in [-0.39, 0.29) is 0 Å². The van der Waals surface area contributed by atoms with Crippen molar-refractivity contribution in [1.29, 1.82) is 0 Å². The molecule has 0 N–H and O–H groups in total. The molecule has 0 atom stereocenters. The maximum absolute atomic E-state index is 5.34. The number of rotatable bonds is 6. The van der Waals surface area contributed by atoms with Crippen molar-refractivity contribution in [2.24, 2.45) is 0 Å². The molecule has 0 aliphatic heterocycles. The van der Waals surface area contributed by atoms with Gasteiger partial charge in [0.05, 0.1) is 27.3 Å². The zero-order valence-electron chi connectivity index (χ0n) is 32.2. The van der Waals surface area contributed by atoms with Crippen LogP contribution in [0.15, 0.2) is 200 Å². The van der Waals surface area contributed by atoms with Crippen LogP contribution in [0, 0.1) is 0 Å². The Labute approximate surface area is 354 Å². The molecule has 3 nitrogen and oxygen atoms in total. The number of benzene rings is 8. The molecule has 0 amide bonds. The molecular weight excluding hydrogens is 767 g/mol. The zero-order chi connectivity index (χ0) is 39.6. The van der Waals surface area contributed by atoms with Gasteiger partial charge in [0, 0.05) is 63.3 Å². The molecule has 0 saturated carbocycles. The molecule has 0 fully saturated rings. The maximum atomic E-state index is 5.34. The standard InChI is InChI=1S/C55H33N3S2/c1-3-12-38(13-4-1)52-54-51(45-17-8-10-21-50(45)60-54)44-31-30-40(32-48(44)56-52)34-22-26-36(27-23-34)46-33-47(58-55(57-46)39-14-5-2-6-15-39)37-28-24-35(25-29-37)41-18-11-19-43-42-16-7-9-20-49(42)59-53(41)43/h1-33H. The minimum atomic E-state index is 0.702. The smallest absolute Gasteiger partial charge is 0.160 e. The molecule has 0 unspecified atom stereocenters. The number of aromatic nitrogens is 3. The summed E-state index contributed by atoms with van der Waals surface area (Å²) in [5.74, 6) is 0.702. The first kappa shape index (κ1) is 34.7. The molecule has 4 aromatic heterocycles. The Bertz CT molecular complexity index is 3570. The van der Waals surface area contributed by atoms with Crippen LogP contribution in [0.3, 0.4) is 0 Å². The summed E-state index contributed by atoms with van der Waals surface area (Å²) in [4.78, 5) is 15.6. The van der Waals surface area contributed by atoms with Gasteiger partial charge < -0.3 is 0 Å². The van der Waals surface area contributed by atoms with Crippen molar-refractivity contribution in [3.63, 3.8) is 0 Å². The third kappa shape index (κ3) is 5.90. The maximum Gasteiger partial charge on any atom is 0.160 e. The van der Waals surface area contributed by atoms with E-state index in [9.17, 15) is 0 Å². The lowest BCUT2D eigenvalue weighted by Crippen LogP contribution is -1.96. The molecule has 12 rings (SSSR count). The summed E-state index contributed by atoms with van der Waals surface area (Å²) in [6, 6.07) is 71.2. The molecule has 8 aromatic carbocycles. The highest BCUT2D eigenvalue weighted by Gasteiger charge is 2.18. The molecule has 280 valence electrons. The van der Waals surface area contributed by atoms with E-state index in [1.54, 1.807) is 0 Å². The van der Waals surface area contributed by atoms with Crippen molar-refractivity contribution in [2.75, 3.05) is 0 Å². The predicted molar refractivity (Wildman–Crippen MR) is 256 cm³/mol. The Morgan fingerprint density at radius 2 is 0.867 bits per heavy atom. The van der Waals surface area contributed by atoms with Gasteiger partial charge in [0.2, 0.25) is 0 Å². The minimum absolute atomic E-state index is 0.702. The Kier molecular flexibility index (Phi) is 8.22. The lowest BCUT2D eigenvalue weighted by molar-refractivity contribution is 1.18. The van der Waals surface area contributed by atoms with Crippen LogP contribution < -0.4 is 0 Å². The van der Waals surface area contributed by atoms with E-state index < -0.39 is 0 Å². The second kappa shape index (κ2) is 14.2. The second-order valence-corrected chi connectivity index (χ2v) is 17.2. The highest BCUT2D eigenvalue weighted by Crippen LogP contribution is 2.44. The molecule has 0 bridgehead atoms. The summed E-state index contributed by atoms with van der Waals surface area (Å²) in [7, 11) is 0. The van der Waals surface area contributed by atoms with E-state index in [1.807, 2.05) is 40.9 Å². The van der Waals surface area contributed by atoms with E-state index in [1.165, 1.54) is 56.9 Å². The number of nitrogens with zero attached hydrogens (tertiary/aromatic N) is 3. The molecule has 0 radical (unpaired) electrons. The van der Waals surface area contributed by atoms with Crippen molar-refractivity contribution in [3.8, 4) is 67.4 Å². The van der Waals surface area contributed by atoms with Crippen LogP contribution in [0.1, 0.15) is 0 Å². The first-order chi connectivity index (χ1) is 29.7. The molecule has 0 aliphatic carbocycles. The van der Waals surface area contributed by atoms with Crippen LogP contribution in [0.25, 0.3) is 119 Å². The highest BCUT2D eigenvalue weighted by atomic mass is 32.1. The van der Waals surface area contributed by atoms with Gasteiger partial charge in [0.15, 0.2) is 5.82 Å². The van der Waals surface area contributed by atoms with Gasteiger partial charge in [-0.2, -0.15) is 0 Å². The largest absolute Gasteiger partial charge is 0.246 e. The first-order valence-electron chi connectivity index (χ1n) is 20.1. The number of thiophene rings is 2. The Morgan fingerprint density at radius 1 is 0.317 bits per heavy atom. The predicted octanol–water partition coefficient (Wildman–Crippen LogP) is 15.8. The molecular formula is C55H33N3S2. The van der Waals surface area contributed by atoms with Gasteiger partial charge in [-0.3, -0.25) is 0 Å². The molecule has 0 saturated heterocycles. The third-order valence-corrected chi connectivity index (χ3v) is 13.9. The van der Waals surface area contributed by atoms with Gasteiger partial charge in [0.25, 0.3) is 0 Å². The number of pyridine rings is 1. The Hall–Kier alpha value is -7.31. The fraction of sp³-hybridized carbons (Fsp3) is 0. The summed E-state index contributed by atoms with van der Waals surface area (Å²) in [6.07, 6.45) is 0. The lowest BCUT2D eigenvalue weighted by atomic mass is 9.98. The first-order valence-corrected chi connectivity index (χ1v) is 21.7. The van der Waals surface area contributed by atoms with Crippen LogP contribution >= 0.6 is 22.7 Å². The Morgan fingerprint density at radius 3 is 1.58 bits per heavy atom. The summed E-state index contributed by atoms with van der Waals surface area (Å²) in [6.45, 7) is 0. The van der Waals surface area contributed by atoms with Crippen LogP contribution in [0.4, 0.5) is 0 Å². The summed E-state index contributed by atoms with van der Waals surface area (Å²) < 4.78 is 5.13. The van der Waals surface area contributed by atoms with E-state index in [0.29, 0.717) is 5.82 Å². The van der Waals surface area contributed by atoms with Crippen LogP contribution in [-0.4, -0.2) is 15.0 Å². The highest BCUT2D eigenvalue weighted by molar-refractivity contribution is 7.26. The average Bonchev–Trinajstić information content (AvgIpc) is 3.91. The van der Waals surface area contributed by atoms with E-state index in [2.05, 4.69) is 182 Å². The third-order valence-electron chi connectivity index (χ3n) is 11.5. The quantitative estimate of drug-likeness (QED) is 0.168. The van der Waals surface area contributed by atoms with Gasteiger partial charge in [-0.1, -0.05) is 176 Å².